The van der Waals surface area contributed by atoms with Gasteiger partial charge in [-0.3, -0.25) is 4.79 Å². The maximum absolute atomic E-state index is 12.4. The van der Waals surface area contributed by atoms with E-state index < -0.39 is 11.9 Å². The number of benzene rings is 1. The van der Waals surface area contributed by atoms with Crippen molar-refractivity contribution in [3.8, 4) is 11.3 Å². The van der Waals surface area contributed by atoms with Gasteiger partial charge in [-0.2, -0.15) is 0 Å². The van der Waals surface area contributed by atoms with E-state index in [1.165, 1.54) is 17.6 Å². The first kappa shape index (κ1) is 17.9. The van der Waals surface area contributed by atoms with Crippen LogP contribution in [-0.4, -0.2) is 23.5 Å². The molecule has 1 atom stereocenters. The molecule has 1 amide bonds. The molecule has 0 saturated heterocycles. The second-order valence-corrected chi connectivity index (χ2v) is 6.86. The molecule has 7 heteroatoms. The molecule has 1 aromatic carbocycles. The predicted molar refractivity (Wildman–Crippen MR) is 97.8 cm³/mol. The summed E-state index contributed by atoms with van der Waals surface area (Å²) in [5, 5.41) is 3.47. The Morgan fingerprint density at radius 3 is 2.69 bits per heavy atom. The van der Waals surface area contributed by atoms with Crippen molar-refractivity contribution in [1.82, 2.24) is 10.3 Å². The van der Waals surface area contributed by atoms with Crippen molar-refractivity contribution in [1.29, 1.82) is 0 Å². The number of aryl methyl sites for hydroxylation is 1. The van der Waals surface area contributed by atoms with E-state index in [0.29, 0.717) is 16.3 Å². The van der Waals surface area contributed by atoms with Crippen molar-refractivity contribution in [2.24, 2.45) is 0 Å². The Hall–Kier alpha value is -2.93. The molecule has 0 fully saturated rings. The molecule has 134 valence electrons. The SMILES string of the molecule is Cc1nc(-c2ccccc2)c(C(=O)OCC(=O)N[C@@H](C)c2ccco2)s1. The summed E-state index contributed by atoms with van der Waals surface area (Å²) in [4.78, 5) is 29.2. The molecule has 0 radical (unpaired) electrons. The predicted octanol–water partition coefficient (Wildman–Crippen LogP) is 3.75. The summed E-state index contributed by atoms with van der Waals surface area (Å²) in [6.45, 7) is 3.25. The number of nitrogens with one attached hydrogen (secondary N) is 1. The minimum absolute atomic E-state index is 0.304. The van der Waals surface area contributed by atoms with Gasteiger partial charge in [0.05, 0.1) is 23.0 Å². The maximum Gasteiger partial charge on any atom is 0.351 e. The zero-order chi connectivity index (χ0) is 18.5. The Bertz CT molecular complexity index is 888. The molecule has 6 nitrogen and oxygen atoms in total. The Morgan fingerprint density at radius 2 is 2.00 bits per heavy atom. The highest BCUT2D eigenvalue weighted by molar-refractivity contribution is 7.14. The summed E-state index contributed by atoms with van der Waals surface area (Å²) in [7, 11) is 0. The monoisotopic (exact) mass is 370 g/mol. The lowest BCUT2D eigenvalue weighted by molar-refractivity contribution is -0.125. The molecule has 3 rings (SSSR count). The fraction of sp³-hybridized carbons (Fsp3) is 0.211. The number of hydrogen-bond donors (Lipinski definition) is 1. The summed E-state index contributed by atoms with van der Waals surface area (Å²) in [5.74, 6) is -0.325. The lowest BCUT2D eigenvalue weighted by Gasteiger charge is -2.11. The molecule has 0 aliphatic carbocycles. The van der Waals surface area contributed by atoms with E-state index in [-0.39, 0.29) is 12.6 Å². The largest absolute Gasteiger partial charge is 0.467 e. The molecule has 26 heavy (non-hydrogen) atoms. The van der Waals surface area contributed by atoms with Gasteiger partial charge in [0.25, 0.3) is 5.91 Å². The van der Waals surface area contributed by atoms with Gasteiger partial charge in [-0.1, -0.05) is 30.3 Å². The van der Waals surface area contributed by atoms with Crippen molar-refractivity contribution < 1.29 is 18.7 Å². The number of carbonyl (C=O) groups excluding carboxylic acids is 2. The van der Waals surface area contributed by atoms with E-state index in [0.717, 1.165) is 10.6 Å². The van der Waals surface area contributed by atoms with Gasteiger partial charge in [0.15, 0.2) is 6.61 Å². The standard InChI is InChI=1S/C19H18N2O4S/c1-12(15-9-6-10-24-15)20-16(22)11-25-19(23)18-17(21-13(2)26-18)14-7-4-3-5-8-14/h3-10,12H,11H2,1-2H3,(H,20,22)/t12-/m0/s1. The lowest BCUT2D eigenvalue weighted by atomic mass is 10.1. The fourth-order valence-electron chi connectivity index (χ4n) is 2.45. The normalized spacial score (nSPS) is 11.8. The molecule has 3 aromatic rings. The topological polar surface area (TPSA) is 81.4 Å². The molecule has 0 aliphatic heterocycles. The summed E-state index contributed by atoms with van der Waals surface area (Å²) >= 11 is 1.25. The molecule has 2 aromatic heterocycles. The van der Waals surface area contributed by atoms with Crippen LogP contribution in [0.2, 0.25) is 0 Å². The van der Waals surface area contributed by atoms with Crippen LogP contribution in [0.15, 0.2) is 53.1 Å². The van der Waals surface area contributed by atoms with Crippen molar-refractivity contribution >= 4 is 23.2 Å². The van der Waals surface area contributed by atoms with Gasteiger partial charge in [0.2, 0.25) is 0 Å². The number of amides is 1. The highest BCUT2D eigenvalue weighted by atomic mass is 32.1. The van der Waals surface area contributed by atoms with Crippen LogP contribution in [0.25, 0.3) is 11.3 Å². The third-order valence-corrected chi connectivity index (χ3v) is 4.60. The highest BCUT2D eigenvalue weighted by Gasteiger charge is 2.21. The van der Waals surface area contributed by atoms with Crippen LogP contribution in [-0.2, 0) is 9.53 Å². The Labute approximate surface area is 154 Å². The fourth-order valence-corrected chi connectivity index (χ4v) is 3.28. The lowest BCUT2D eigenvalue weighted by Crippen LogP contribution is -2.30. The number of ether oxygens (including phenoxy) is 1. The van der Waals surface area contributed by atoms with Crippen LogP contribution in [0.4, 0.5) is 0 Å². The average molecular weight is 370 g/mol. The van der Waals surface area contributed by atoms with Gasteiger partial charge in [-0.05, 0) is 26.0 Å². The Morgan fingerprint density at radius 1 is 1.23 bits per heavy atom. The molecular formula is C19H18N2O4S. The summed E-state index contributed by atoms with van der Waals surface area (Å²) in [6.07, 6.45) is 1.54. The third-order valence-electron chi connectivity index (χ3n) is 3.65. The van der Waals surface area contributed by atoms with Crippen LogP contribution in [0.3, 0.4) is 0 Å². The van der Waals surface area contributed by atoms with E-state index in [9.17, 15) is 9.59 Å². The number of furan rings is 1. The van der Waals surface area contributed by atoms with E-state index >= 15 is 0 Å². The zero-order valence-corrected chi connectivity index (χ0v) is 15.2. The van der Waals surface area contributed by atoms with Gasteiger partial charge in [-0.15, -0.1) is 11.3 Å². The molecule has 0 unspecified atom stereocenters. The molecule has 0 bridgehead atoms. The van der Waals surface area contributed by atoms with Crippen molar-refractivity contribution in [2.45, 2.75) is 19.9 Å². The highest BCUT2D eigenvalue weighted by Crippen LogP contribution is 2.28. The van der Waals surface area contributed by atoms with E-state index in [1.807, 2.05) is 37.3 Å². The molecule has 2 heterocycles. The van der Waals surface area contributed by atoms with Crippen molar-refractivity contribution in [3.05, 3.63) is 64.4 Å². The number of aromatic nitrogens is 1. The number of esters is 1. The summed E-state index contributed by atoms with van der Waals surface area (Å²) in [5.41, 5.74) is 1.40. The smallest absolute Gasteiger partial charge is 0.351 e. The third kappa shape index (κ3) is 4.18. The van der Waals surface area contributed by atoms with E-state index in [1.54, 1.807) is 19.1 Å². The quantitative estimate of drug-likeness (QED) is 0.669. The number of hydrogen-bond acceptors (Lipinski definition) is 6. The van der Waals surface area contributed by atoms with E-state index in [4.69, 9.17) is 9.15 Å². The van der Waals surface area contributed by atoms with Crippen LogP contribution >= 0.6 is 11.3 Å². The first-order chi connectivity index (χ1) is 12.5. The molecule has 0 aliphatic rings. The summed E-state index contributed by atoms with van der Waals surface area (Å²) in [6, 6.07) is 12.6. The number of carbonyl (C=O) groups is 2. The maximum atomic E-state index is 12.4. The van der Waals surface area contributed by atoms with Gasteiger partial charge in [0.1, 0.15) is 10.6 Å². The molecular weight excluding hydrogens is 352 g/mol. The zero-order valence-electron chi connectivity index (χ0n) is 14.4. The first-order valence-corrected chi connectivity index (χ1v) is 8.89. The summed E-state index contributed by atoms with van der Waals surface area (Å²) < 4.78 is 10.4. The first-order valence-electron chi connectivity index (χ1n) is 8.07. The van der Waals surface area contributed by atoms with Crippen LogP contribution in [0.5, 0.6) is 0 Å². The van der Waals surface area contributed by atoms with Crippen molar-refractivity contribution in [3.63, 3.8) is 0 Å². The second-order valence-electron chi connectivity index (χ2n) is 5.66. The second kappa shape index (κ2) is 7.97. The van der Waals surface area contributed by atoms with Gasteiger partial charge >= 0.3 is 5.97 Å². The Kier molecular flexibility index (Phi) is 5.48. The van der Waals surface area contributed by atoms with Gasteiger partial charge in [-0.25, -0.2) is 9.78 Å². The van der Waals surface area contributed by atoms with Gasteiger partial charge in [0, 0.05) is 5.56 Å². The number of thiazole rings is 1. The van der Waals surface area contributed by atoms with Gasteiger partial charge < -0.3 is 14.5 Å². The Balaban J connectivity index is 1.63. The average Bonchev–Trinajstić information content (AvgIpc) is 3.30. The molecule has 0 saturated carbocycles. The van der Waals surface area contributed by atoms with Crippen LogP contribution in [0.1, 0.15) is 33.4 Å². The number of rotatable bonds is 6. The minimum atomic E-state index is -0.560. The van der Waals surface area contributed by atoms with Crippen LogP contribution in [0, 0.1) is 6.92 Å². The van der Waals surface area contributed by atoms with Crippen molar-refractivity contribution in [2.75, 3.05) is 6.61 Å². The number of nitrogens with zero attached hydrogens (tertiary/aromatic N) is 1. The van der Waals surface area contributed by atoms with E-state index in [2.05, 4.69) is 10.3 Å². The molecule has 0 spiro atoms. The minimum Gasteiger partial charge on any atom is -0.467 e. The molecule has 1 N–H and O–H groups in total. The van der Waals surface area contributed by atoms with Crippen LogP contribution < -0.4 is 5.32 Å².